The molecule has 1 N–H and O–H groups in total. The molecule has 2 fully saturated rings. The molecule has 2 aliphatic rings. The van der Waals surface area contributed by atoms with Crippen LogP contribution >= 0.6 is 0 Å². The SMILES string of the molecule is CCC1CCC2(CCCCC2)N1. The summed E-state index contributed by atoms with van der Waals surface area (Å²) in [6.45, 7) is 2.31. The fourth-order valence-electron chi connectivity index (χ4n) is 2.96. The Morgan fingerprint density at radius 3 is 2.50 bits per heavy atom. The minimum absolute atomic E-state index is 0.596. The van der Waals surface area contributed by atoms with E-state index in [-0.39, 0.29) is 0 Å². The first-order valence-corrected chi connectivity index (χ1v) is 5.62. The second-order valence-electron chi connectivity index (χ2n) is 4.63. The third-order valence-electron chi connectivity index (χ3n) is 3.79. The number of nitrogens with one attached hydrogen (secondary N) is 1. The molecular weight excluding hydrogens is 146 g/mol. The molecule has 1 nitrogen and oxygen atoms in total. The second kappa shape index (κ2) is 3.37. The van der Waals surface area contributed by atoms with E-state index in [1.165, 1.54) is 51.4 Å². The molecule has 0 amide bonds. The van der Waals surface area contributed by atoms with Gasteiger partial charge in [-0.25, -0.2) is 0 Å². The van der Waals surface area contributed by atoms with E-state index in [2.05, 4.69) is 12.2 Å². The summed E-state index contributed by atoms with van der Waals surface area (Å²) in [7, 11) is 0. The van der Waals surface area contributed by atoms with Crippen molar-refractivity contribution >= 4 is 0 Å². The summed E-state index contributed by atoms with van der Waals surface area (Å²) in [6.07, 6.45) is 11.5. The lowest BCUT2D eigenvalue weighted by molar-refractivity contribution is 0.253. The van der Waals surface area contributed by atoms with Crippen molar-refractivity contribution in [2.24, 2.45) is 0 Å². The molecule has 12 heavy (non-hydrogen) atoms. The number of rotatable bonds is 1. The largest absolute Gasteiger partial charge is 0.309 e. The van der Waals surface area contributed by atoms with E-state index in [0.717, 1.165) is 6.04 Å². The van der Waals surface area contributed by atoms with Crippen LogP contribution in [0.2, 0.25) is 0 Å². The summed E-state index contributed by atoms with van der Waals surface area (Å²) >= 11 is 0. The van der Waals surface area contributed by atoms with Crippen LogP contribution in [0.15, 0.2) is 0 Å². The van der Waals surface area contributed by atoms with E-state index >= 15 is 0 Å². The molecule has 0 radical (unpaired) electrons. The normalized spacial score (nSPS) is 34.2. The monoisotopic (exact) mass is 167 g/mol. The first-order valence-electron chi connectivity index (χ1n) is 5.62. The van der Waals surface area contributed by atoms with E-state index in [9.17, 15) is 0 Å². The van der Waals surface area contributed by atoms with Gasteiger partial charge in [0.1, 0.15) is 0 Å². The van der Waals surface area contributed by atoms with Crippen molar-refractivity contribution in [1.82, 2.24) is 5.32 Å². The summed E-state index contributed by atoms with van der Waals surface area (Å²) in [5.41, 5.74) is 0.596. The van der Waals surface area contributed by atoms with Crippen LogP contribution in [0.5, 0.6) is 0 Å². The van der Waals surface area contributed by atoms with Crippen molar-refractivity contribution in [3.63, 3.8) is 0 Å². The van der Waals surface area contributed by atoms with Crippen LogP contribution in [0.25, 0.3) is 0 Å². The lowest BCUT2D eigenvalue weighted by Crippen LogP contribution is -2.44. The molecule has 1 saturated carbocycles. The van der Waals surface area contributed by atoms with E-state index in [1.807, 2.05) is 0 Å². The lowest BCUT2D eigenvalue weighted by Gasteiger charge is -2.34. The van der Waals surface area contributed by atoms with Gasteiger partial charge in [-0.15, -0.1) is 0 Å². The minimum Gasteiger partial charge on any atom is -0.309 e. The average Bonchev–Trinajstić information content (AvgIpc) is 2.50. The maximum absolute atomic E-state index is 3.86. The highest BCUT2D eigenvalue weighted by atomic mass is 15.0. The van der Waals surface area contributed by atoms with Gasteiger partial charge in [-0.3, -0.25) is 0 Å². The highest BCUT2D eigenvalue weighted by molar-refractivity contribution is 4.98. The molecule has 1 aliphatic heterocycles. The average molecular weight is 167 g/mol. The number of hydrogen-bond acceptors (Lipinski definition) is 1. The summed E-state index contributed by atoms with van der Waals surface area (Å²) in [4.78, 5) is 0. The Labute approximate surface area is 75.9 Å². The lowest BCUT2D eigenvalue weighted by atomic mass is 9.81. The van der Waals surface area contributed by atoms with Crippen LogP contribution in [-0.2, 0) is 0 Å². The van der Waals surface area contributed by atoms with Crippen LogP contribution < -0.4 is 5.32 Å². The minimum atomic E-state index is 0.596. The molecule has 0 aromatic carbocycles. The van der Waals surface area contributed by atoms with Crippen LogP contribution in [-0.4, -0.2) is 11.6 Å². The Kier molecular flexibility index (Phi) is 2.40. The van der Waals surface area contributed by atoms with Crippen molar-refractivity contribution in [3.05, 3.63) is 0 Å². The molecule has 70 valence electrons. The van der Waals surface area contributed by atoms with Gasteiger partial charge < -0.3 is 5.32 Å². The Bertz CT molecular complexity index is 147. The van der Waals surface area contributed by atoms with Crippen molar-refractivity contribution in [1.29, 1.82) is 0 Å². The summed E-state index contributed by atoms with van der Waals surface area (Å²) in [6, 6.07) is 0.836. The second-order valence-corrected chi connectivity index (χ2v) is 4.63. The molecule has 1 atom stereocenters. The summed E-state index contributed by atoms with van der Waals surface area (Å²) in [5.74, 6) is 0. The van der Waals surface area contributed by atoms with E-state index in [0.29, 0.717) is 5.54 Å². The van der Waals surface area contributed by atoms with Crippen LogP contribution in [0, 0.1) is 0 Å². The molecule has 1 unspecified atom stereocenters. The van der Waals surface area contributed by atoms with Gasteiger partial charge in [-0.1, -0.05) is 26.2 Å². The zero-order chi connectivity index (χ0) is 8.44. The fourth-order valence-corrected chi connectivity index (χ4v) is 2.96. The maximum atomic E-state index is 3.86. The van der Waals surface area contributed by atoms with Gasteiger partial charge in [0.25, 0.3) is 0 Å². The predicted molar refractivity (Wildman–Crippen MR) is 52.3 cm³/mol. The van der Waals surface area contributed by atoms with Gasteiger partial charge in [-0.2, -0.15) is 0 Å². The molecule has 0 bridgehead atoms. The molecule has 1 heterocycles. The van der Waals surface area contributed by atoms with Crippen LogP contribution in [0.1, 0.15) is 58.3 Å². The molecule has 1 heteroatoms. The Morgan fingerprint density at radius 2 is 1.92 bits per heavy atom. The van der Waals surface area contributed by atoms with Gasteiger partial charge in [0, 0.05) is 11.6 Å². The molecule has 2 rings (SSSR count). The van der Waals surface area contributed by atoms with Crippen LogP contribution in [0.4, 0.5) is 0 Å². The predicted octanol–water partition coefficient (Wildman–Crippen LogP) is 2.85. The Hall–Kier alpha value is -0.0400. The maximum Gasteiger partial charge on any atom is 0.0184 e. The third-order valence-corrected chi connectivity index (χ3v) is 3.79. The number of hydrogen-bond donors (Lipinski definition) is 1. The van der Waals surface area contributed by atoms with Gasteiger partial charge in [0.15, 0.2) is 0 Å². The summed E-state index contributed by atoms with van der Waals surface area (Å²) < 4.78 is 0. The van der Waals surface area contributed by atoms with Crippen LogP contribution in [0.3, 0.4) is 0 Å². The molecule has 1 aliphatic carbocycles. The Balaban J connectivity index is 1.94. The highest BCUT2D eigenvalue weighted by Gasteiger charge is 2.37. The zero-order valence-corrected chi connectivity index (χ0v) is 8.23. The van der Waals surface area contributed by atoms with E-state index in [4.69, 9.17) is 0 Å². The van der Waals surface area contributed by atoms with Gasteiger partial charge in [0.2, 0.25) is 0 Å². The van der Waals surface area contributed by atoms with Crippen molar-refractivity contribution in [3.8, 4) is 0 Å². The fraction of sp³-hybridized carbons (Fsp3) is 1.00. The van der Waals surface area contributed by atoms with E-state index < -0.39 is 0 Å². The smallest absolute Gasteiger partial charge is 0.0184 e. The standard InChI is InChI=1S/C11H21N/c1-2-10-6-9-11(12-10)7-4-3-5-8-11/h10,12H,2-9H2,1H3. The molecule has 1 saturated heterocycles. The third kappa shape index (κ3) is 1.52. The first-order chi connectivity index (χ1) is 5.85. The molecule has 1 spiro atoms. The topological polar surface area (TPSA) is 12.0 Å². The molecule has 0 aromatic rings. The zero-order valence-electron chi connectivity index (χ0n) is 8.23. The first kappa shape index (κ1) is 8.55. The quantitative estimate of drug-likeness (QED) is 0.633. The summed E-state index contributed by atoms with van der Waals surface area (Å²) in [5, 5.41) is 3.86. The molecule has 0 aromatic heterocycles. The van der Waals surface area contributed by atoms with Crippen molar-refractivity contribution < 1.29 is 0 Å². The van der Waals surface area contributed by atoms with Crippen molar-refractivity contribution in [2.75, 3.05) is 0 Å². The van der Waals surface area contributed by atoms with Crippen molar-refractivity contribution in [2.45, 2.75) is 69.9 Å². The highest BCUT2D eigenvalue weighted by Crippen LogP contribution is 2.37. The van der Waals surface area contributed by atoms with Gasteiger partial charge in [0.05, 0.1) is 0 Å². The van der Waals surface area contributed by atoms with E-state index in [1.54, 1.807) is 0 Å². The molecular formula is C11H21N. The van der Waals surface area contributed by atoms with Gasteiger partial charge >= 0.3 is 0 Å². The van der Waals surface area contributed by atoms with Gasteiger partial charge in [-0.05, 0) is 32.1 Å². The Morgan fingerprint density at radius 1 is 1.17 bits per heavy atom.